The molecule has 0 aliphatic carbocycles. The van der Waals surface area contributed by atoms with Gasteiger partial charge in [-0.1, -0.05) is 0 Å². The molecule has 0 unspecified atom stereocenters. The van der Waals surface area contributed by atoms with E-state index in [1.54, 1.807) is 23.5 Å². The minimum Gasteiger partial charge on any atom is -0.494 e. The summed E-state index contributed by atoms with van der Waals surface area (Å²) in [7, 11) is 4.09. The molecule has 0 amide bonds. The van der Waals surface area contributed by atoms with E-state index in [4.69, 9.17) is 24.5 Å². The second-order valence-electron chi connectivity index (χ2n) is 9.28. The van der Waals surface area contributed by atoms with E-state index in [1.165, 1.54) is 4.88 Å². The summed E-state index contributed by atoms with van der Waals surface area (Å²) in [4.78, 5) is 10.8. The van der Waals surface area contributed by atoms with Gasteiger partial charge in [0.05, 0.1) is 43.8 Å². The summed E-state index contributed by atoms with van der Waals surface area (Å²) in [5.74, 6) is 1.69. The molecule has 0 saturated carbocycles. The number of nitriles is 1. The molecule has 3 aromatic rings. The monoisotopic (exact) mass is 520 g/mol. The van der Waals surface area contributed by atoms with Crippen molar-refractivity contribution in [3.63, 3.8) is 0 Å². The zero-order chi connectivity index (χ0) is 25.9. The lowest BCUT2D eigenvalue weighted by Gasteiger charge is -2.26. The molecule has 0 bridgehead atoms. The first-order valence-corrected chi connectivity index (χ1v) is 13.8. The van der Waals surface area contributed by atoms with Crippen molar-refractivity contribution < 1.29 is 14.2 Å². The Morgan fingerprint density at radius 2 is 1.57 bits per heavy atom. The highest BCUT2D eigenvalue weighted by Crippen LogP contribution is 2.33. The Kier molecular flexibility index (Phi) is 10.2. The molecular formula is C29H36N4O3S. The summed E-state index contributed by atoms with van der Waals surface area (Å²) in [6.07, 6.45) is 3.97. The van der Waals surface area contributed by atoms with E-state index < -0.39 is 0 Å². The van der Waals surface area contributed by atoms with Crippen LogP contribution in [0.25, 0.3) is 11.3 Å². The SMILES string of the molecule is CN(C)c1nc(-c2ccc(OCCCCCOc3ccc(C#N)cc3)cc2)c(CCN2CCOCC2)s1. The lowest BCUT2D eigenvalue weighted by molar-refractivity contribution is 0.0385. The summed E-state index contributed by atoms with van der Waals surface area (Å²) < 4.78 is 17.2. The molecule has 37 heavy (non-hydrogen) atoms. The number of unbranched alkanes of at least 4 members (excludes halogenated alkanes) is 2. The Bertz CT molecular complexity index is 1130. The quantitative estimate of drug-likeness (QED) is 0.285. The van der Waals surface area contributed by atoms with E-state index in [-0.39, 0.29) is 0 Å². The molecule has 1 aliphatic heterocycles. The molecule has 1 aliphatic rings. The van der Waals surface area contributed by atoms with E-state index in [1.807, 2.05) is 38.4 Å². The van der Waals surface area contributed by atoms with Crippen molar-refractivity contribution in [2.45, 2.75) is 25.7 Å². The molecule has 2 aromatic carbocycles. The van der Waals surface area contributed by atoms with Gasteiger partial charge in [0.25, 0.3) is 0 Å². The normalized spacial score (nSPS) is 13.8. The van der Waals surface area contributed by atoms with Crippen molar-refractivity contribution in [3.05, 3.63) is 59.0 Å². The van der Waals surface area contributed by atoms with Crippen LogP contribution >= 0.6 is 11.3 Å². The number of morpholine rings is 1. The Morgan fingerprint density at radius 3 is 2.16 bits per heavy atom. The lowest BCUT2D eigenvalue weighted by atomic mass is 10.1. The minimum atomic E-state index is 0.645. The molecule has 1 saturated heterocycles. The van der Waals surface area contributed by atoms with Crippen molar-refractivity contribution in [1.29, 1.82) is 5.26 Å². The maximum Gasteiger partial charge on any atom is 0.185 e. The molecule has 0 radical (unpaired) electrons. The predicted octanol–water partition coefficient (Wildman–Crippen LogP) is 5.25. The fourth-order valence-corrected chi connectivity index (χ4v) is 5.10. The van der Waals surface area contributed by atoms with E-state index >= 15 is 0 Å². The van der Waals surface area contributed by atoms with Crippen molar-refractivity contribution in [1.82, 2.24) is 9.88 Å². The van der Waals surface area contributed by atoms with Gasteiger partial charge >= 0.3 is 0 Å². The van der Waals surface area contributed by atoms with E-state index in [0.717, 1.165) is 86.4 Å². The minimum absolute atomic E-state index is 0.645. The van der Waals surface area contributed by atoms with Gasteiger partial charge in [-0.3, -0.25) is 4.90 Å². The molecule has 0 atom stereocenters. The number of benzene rings is 2. The van der Waals surface area contributed by atoms with Gasteiger partial charge in [-0.05, 0) is 74.2 Å². The van der Waals surface area contributed by atoms with E-state index in [2.05, 4.69) is 28.0 Å². The molecule has 196 valence electrons. The highest BCUT2D eigenvalue weighted by molar-refractivity contribution is 7.16. The van der Waals surface area contributed by atoms with Gasteiger partial charge in [0.1, 0.15) is 11.5 Å². The van der Waals surface area contributed by atoms with Gasteiger partial charge in [0.2, 0.25) is 0 Å². The van der Waals surface area contributed by atoms with Gasteiger partial charge in [-0.25, -0.2) is 4.98 Å². The second-order valence-corrected chi connectivity index (χ2v) is 10.3. The van der Waals surface area contributed by atoms with Gasteiger partial charge in [0, 0.05) is 44.2 Å². The third-order valence-electron chi connectivity index (χ3n) is 6.26. The maximum absolute atomic E-state index is 8.85. The largest absolute Gasteiger partial charge is 0.494 e. The van der Waals surface area contributed by atoms with Crippen molar-refractivity contribution in [3.8, 4) is 28.8 Å². The predicted molar refractivity (Wildman–Crippen MR) is 149 cm³/mol. The zero-order valence-corrected chi connectivity index (χ0v) is 22.6. The third-order valence-corrected chi connectivity index (χ3v) is 7.55. The number of hydrogen-bond donors (Lipinski definition) is 0. The number of ether oxygens (including phenoxy) is 3. The van der Waals surface area contributed by atoms with Crippen LogP contribution in [-0.2, 0) is 11.2 Å². The zero-order valence-electron chi connectivity index (χ0n) is 21.8. The van der Waals surface area contributed by atoms with Crippen LogP contribution in [0.2, 0.25) is 0 Å². The summed E-state index contributed by atoms with van der Waals surface area (Å²) in [5.41, 5.74) is 2.86. The molecule has 0 spiro atoms. The number of aromatic nitrogens is 1. The second kappa shape index (κ2) is 14.0. The topological polar surface area (TPSA) is 70.9 Å². The first-order chi connectivity index (χ1) is 18.1. The number of nitrogens with zero attached hydrogens (tertiary/aromatic N) is 4. The number of rotatable bonds is 13. The molecule has 1 fully saturated rings. The lowest BCUT2D eigenvalue weighted by Crippen LogP contribution is -2.37. The van der Waals surface area contributed by atoms with Gasteiger partial charge in [-0.15, -0.1) is 11.3 Å². The van der Waals surface area contributed by atoms with Crippen molar-refractivity contribution in [2.24, 2.45) is 0 Å². The molecule has 8 heteroatoms. The van der Waals surface area contributed by atoms with Gasteiger partial charge < -0.3 is 19.1 Å². The summed E-state index contributed by atoms with van der Waals surface area (Å²) in [6.45, 7) is 6.04. The van der Waals surface area contributed by atoms with Crippen LogP contribution in [0.15, 0.2) is 48.5 Å². The van der Waals surface area contributed by atoms with Crippen LogP contribution in [-0.4, -0.2) is 70.0 Å². The molecular weight excluding hydrogens is 484 g/mol. The molecule has 0 N–H and O–H groups in total. The van der Waals surface area contributed by atoms with Crippen LogP contribution in [0.1, 0.15) is 29.7 Å². The van der Waals surface area contributed by atoms with Crippen molar-refractivity contribution in [2.75, 3.05) is 65.1 Å². The van der Waals surface area contributed by atoms with Gasteiger partial charge in [0.15, 0.2) is 5.13 Å². The van der Waals surface area contributed by atoms with E-state index in [0.29, 0.717) is 18.8 Å². The Labute approximate surface area is 224 Å². The summed E-state index contributed by atoms with van der Waals surface area (Å²) in [5, 5.41) is 9.89. The third kappa shape index (κ3) is 8.19. The standard InChI is InChI=1S/C29H36N4O3S/c1-32(2)29-31-28(27(37-29)14-15-33-16-20-34-21-17-33)24-8-12-26(13-9-24)36-19-5-3-4-18-35-25-10-6-23(22-30)7-11-25/h6-13H,3-5,14-21H2,1-2H3. The average molecular weight is 521 g/mol. The highest BCUT2D eigenvalue weighted by Gasteiger charge is 2.17. The number of hydrogen-bond acceptors (Lipinski definition) is 8. The summed E-state index contributed by atoms with van der Waals surface area (Å²) in [6, 6.07) is 17.7. The fourth-order valence-electron chi connectivity index (χ4n) is 4.11. The number of anilines is 1. The van der Waals surface area contributed by atoms with Crippen LogP contribution in [0, 0.1) is 11.3 Å². The van der Waals surface area contributed by atoms with Gasteiger partial charge in [-0.2, -0.15) is 5.26 Å². The van der Waals surface area contributed by atoms with Crippen LogP contribution in [0.5, 0.6) is 11.5 Å². The van der Waals surface area contributed by atoms with Crippen molar-refractivity contribution >= 4 is 16.5 Å². The highest BCUT2D eigenvalue weighted by atomic mass is 32.1. The average Bonchev–Trinajstić information content (AvgIpc) is 3.37. The molecule has 2 heterocycles. The van der Waals surface area contributed by atoms with Crippen LogP contribution in [0.3, 0.4) is 0 Å². The first-order valence-electron chi connectivity index (χ1n) is 13.0. The fraction of sp³-hybridized carbons (Fsp3) is 0.448. The Balaban J connectivity index is 1.21. The molecule has 1 aromatic heterocycles. The molecule has 4 rings (SSSR count). The Morgan fingerprint density at radius 1 is 0.946 bits per heavy atom. The summed E-state index contributed by atoms with van der Waals surface area (Å²) >= 11 is 1.78. The maximum atomic E-state index is 8.85. The first kappa shape index (κ1) is 26.9. The van der Waals surface area contributed by atoms with E-state index in [9.17, 15) is 0 Å². The molecule has 7 nitrogen and oxygen atoms in total. The van der Waals surface area contributed by atoms with Crippen LogP contribution < -0.4 is 14.4 Å². The van der Waals surface area contributed by atoms with Crippen LogP contribution in [0.4, 0.5) is 5.13 Å². The Hall–Kier alpha value is -3.12. The number of thiazole rings is 1. The smallest absolute Gasteiger partial charge is 0.185 e.